The average molecular weight is 436 g/mol. The summed E-state index contributed by atoms with van der Waals surface area (Å²) >= 11 is 18.9. The summed E-state index contributed by atoms with van der Waals surface area (Å²) in [6.45, 7) is 0.492. The van der Waals surface area contributed by atoms with E-state index in [1.807, 2.05) is 0 Å². The van der Waals surface area contributed by atoms with E-state index in [2.05, 4.69) is 4.98 Å². The Balaban J connectivity index is 2.35. The second-order valence-corrected chi connectivity index (χ2v) is 7.39. The maximum Gasteiger partial charge on any atom is 0.418 e. The van der Waals surface area contributed by atoms with Crippen molar-refractivity contribution in [3.8, 4) is 11.3 Å². The first-order valence-corrected chi connectivity index (χ1v) is 9.43. The molecule has 0 aliphatic carbocycles. The molecule has 1 heterocycles. The molecule has 2 nitrogen and oxygen atoms in total. The smallest absolute Gasteiger partial charge is 0.354 e. The fourth-order valence-corrected chi connectivity index (χ4v) is 4.07. The van der Waals surface area contributed by atoms with E-state index in [0.29, 0.717) is 51.6 Å². The molecule has 0 fully saturated rings. The second-order valence-electron chi connectivity index (χ2n) is 6.16. The SMILES string of the molecule is NCCCCc1c(-c2c(Cl)cccc2Cl)[nH]c2c(C(F)(F)F)ccc(Cl)c12. The predicted molar refractivity (Wildman–Crippen MR) is 106 cm³/mol. The van der Waals surface area contributed by atoms with Gasteiger partial charge in [0, 0.05) is 10.9 Å². The number of aromatic amines is 1. The van der Waals surface area contributed by atoms with E-state index >= 15 is 0 Å². The molecule has 0 aliphatic heterocycles. The summed E-state index contributed by atoms with van der Waals surface area (Å²) in [4.78, 5) is 2.90. The molecule has 144 valence electrons. The molecule has 0 saturated carbocycles. The molecule has 0 aliphatic rings. The van der Waals surface area contributed by atoms with Gasteiger partial charge in [0.25, 0.3) is 0 Å². The number of nitrogens with one attached hydrogen (secondary N) is 1. The first-order valence-electron chi connectivity index (χ1n) is 8.30. The van der Waals surface area contributed by atoms with E-state index in [0.717, 1.165) is 12.5 Å². The maximum atomic E-state index is 13.5. The van der Waals surface area contributed by atoms with Gasteiger partial charge in [0.15, 0.2) is 0 Å². The molecule has 0 spiro atoms. The van der Waals surface area contributed by atoms with Crippen molar-refractivity contribution in [2.24, 2.45) is 5.73 Å². The number of hydrogen-bond acceptors (Lipinski definition) is 1. The molecular weight excluding hydrogens is 420 g/mol. The molecule has 3 aromatic rings. The predicted octanol–water partition coefficient (Wildman–Crippen LogP) is 7.10. The van der Waals surface area contributed by atoms with Crippen molar-refractivity contribution in [3.05, 3.63) is 56.5 Å². The van der Waals surface area contributed by atoms with Gasteiger partial charge in [0.2, 0.25) is 0 Å². The lowest BCUT2D eigenvalue weighted by atomic mass is 9.99. The number of fused-ring (bicyclic) bond motifs is 1. The van der Waals surface area contributed by atoms with Crippen LogP contribution in [-0.4, -0.2) is 11.5 Å². The van der Waals surface area contributed by atoms with Crippen LogP contribution in [0.4, 0.5) is 13.2 Å². The highest BCUT2D eigenvalue weighted by Crippen LogP contribution is 2.44. The number of rotatable bonds is 5. The highest BCUT2D eigenvalue weighted by atomic mass is 35.5. The number of halogens is 6. The van der Waals surface area contributed by atoms with E-state index in [9.17, 15) is 13.2 Å². The normalized spacial score (nSPS) is 12.1. The van der Waals surface area contributed by atoms with E-state index < -0.39 is 11.7 Å². The van der Waals surface area contributed by atoms with E-state index in [1.165, 1.54) is 6.07 Å². The summed E-state index contributed by atoms with van der Waals surface area (Å²) in [5.41, 5.74) is 6.29. The first kappa shape index (κ1) is 20.3. The van der Waals surface area contributed by atoms with Crippen LogP contribution in [0.5, 0.6) is 0 Å². The Morgan fingerprint density at radius 1 is 0.926 bits per heavy atom. The lowest BCUT2D eigenvalue weighted by molar-refractivity contribution is -0.136. The van der Waals surface area contributed by atoms with E-state index in [-0.39, 0.29) is 10.5 Å². The minimum atomic E-state index is -4.52. The summed E-state index contributed by atoms with van der Waals surface area (Å²) in [7, 11) is 0. The van der Waals surface area contributed by atoms with Gasteiger partial charge < -0.3 is 10.7 Å². The van der Waals surface area contributed by atoms with Crippen LogP contribution >= 0.6 is 34.8 Å². The standard InChI is InChI=1S/C19H16Cl3F3N2/c20-12-5-3-6-13(21)16(12)17-10(4-1-2-9-26)15-14(22)8-7-11(18(15)27-17)19(23,24)25/h3,5-8,27H,1-2,4,9,26H2. The Morgan fingerprint density at radius 2 is 1.59 bits per heavy atom. The van der Waals surface area contributed by atoms with Gasteiger partial charge in [0.05, 0.1) is 31.8 Å². The third-order valence-electron chi connectivity index (χ3n) is 4.41. The van der Waals surface area contributed by atoms with Gasteiger partial charge in [-0.25, -0.2) is 0 Å². The van der Waals surface area contributed by atoms with E-state index in [1.54, 1.807) is 18.2 Å². The van der Waals surface area contributed by atoms with Crippen molar-refractivity contribution in [1.82, 2.24) is 4.98 Å². The second kappa shape index (κ2) is 7.92. The zero-order chi connectivity index (χ0) is 19.8. The zero-order valence-corrected chi connectivity index (χ0v) is 16.3. The zero-order valence-electron chi connectivity index (χ0n) is 14.1. The molecule has 3 rings (SSSR count). The Bertz CT molecular complexity index is 960. The van der Waals surface area contributed by atoms with Crippen LogP contribution in [0, 0.1) is 0 Å². The largest absolute Gasteiger partial charge is 0.418 e. The van der Waals surface area contributed by atoms with Gasteiger partial charge in [-0.05, 0) is 55.6 Å². The summed E-state index contributed by atoms with van der Waals surface area (Å²) in [5.74, 6) is 0. The summed E-state index contributed by atoms with van der Waals surface area (Å²) in [5, 5.41) is 1.28. The molecular formula is C19H16Cl3F3N2. The maximum absolute atomic E-state index is 13.5. The van der Waals surface area contributed by atoms with Crippen LogP contribution in [0.15, 0.2) is 30.3 Å². The Hall–Kier alpha value is -1.40. The van der Waals surface area contributed by atoms with Gasteiger partial charge in [-0.3, -0.25) is 0 Å². The van der Waals surface area contributed by atoms with Crippen molar-refractivity contribution in [2.45, 2.75) is 25.4 Å². The lowest BCUT2D eigenvalue weighted by Crippen LogP contribution is -2.05. The van der Waals surface area contributed by atoms with Gasteiger partial charge in [-0.15, -0.1) is 0 Å². The Labute approximate surface area is 169 Å². The fraction of sp³-hybridized carbons (Fsp3) is 0.263. The van der Waals surface area contributed by atoms with Crippen LogP contribution in [0.1, 0.15) is 24.0 Å². The van der Waals surface area contributed by atoms with Crippen LogP contribution in [0.2, 0.25) is 15.1 Å². The van der Waals surface area contributed by atoms with E-state index in [4.69, 9.17) is 40.5 Å². The van der Waals surface area contributed by atoms with Gasteiger partial charge >= 0.3 is 6.18 Å². The molecule has 27 heavy (non-hydrogen) atoms. The quantitative estimate of drug-likeness (QED) is 0.412. The molecule has 0 atom stereocenters. The van der Waals surface area contributed by atoms with Crippen molar-refractivity contribution < 1.29 is 13.2 Å². The van der Waals surface area contributed by atoms with Crippen molar-refractivity contribution in [1.29, 1.82) is 0 Å². The third-order valence-corrected chi connectivity index (χ3v) is 5.35. The Kier molecular flexibility index (Phi) is 5.96. The van der Waals surface area contributed by atoms with Crippen LogP contribution in [0.3, 0.4) is 0 Å². The molecule has 0 radical (unpaired) electrons. The summed E-state index contributed by atoms with van der Waals surface area (Å²) in [6.07, 6.45) is -2.59. The molecule has 0 amide bonds. The molecule has 2 aromatic carbocycles. The number of nitrogens with two attached hydrogens (primary N) is 1. The number of H-pyrrole nitrogens is 1. The average Bonchev–Trinajstić information content (AvgIpc) is 2.94. The lowest BCUT2D eigenvalue weighted by Gasteiger charge is -2.10. The highest BCUT2D eigenvalue weighted by molar-refractivity contribution is 6.40. The Morgan fingerprint density at radius 3 is 2.19 bits per heavy atom. The monoisotopic (exact) mass is 434 g/mol. The topological polar surface area (TPSA) is 41.8 Å². The van der Waals surface area contributed by atoms with Crippen LogP contribution in [-0.2, 0) is 12.6 Å². The van der Waals surface area contributed by atoms with Crippen LogP contribution < -0.4 is 5.73 Å². The first-order chi connectivity index (χ1) is 12.8. The molecule has 8 heteroatoms. The minimum Gasteiger partial charge on any atom is -0.354 e. The summed E-state index contributed by atoms with van der Waals surface area (Å²) in [6, 6.07) is 7.21. The molecule has 3 N–H and O–H groups in total. The number of unbranched alkanes of at least 4 members (excludes halogenated alkanes) is 1. The van der Waals surface area contributed by atoms with Crippen molar-refractivity contribution in [3.63, 3.8) is 0 Å². The highest BCUT2D eigenvalue weighted by Gasteiger charge is 2.35. The molecule has 0 saturated heterocycles. The van der Waals surface area contributed by atoms with Crippen molar-refractivity contribution >= 4 is 45.7 Å². The number of benzene rings is 2. The van der Waals surface area contributed by atoms with Gasteiger partial charge in [-0.2, -0.15) is 13.2 Å². The third kappa shape index (κ3) is 3.92. The molecule has 1 aromatic heterocycles. The van der Waals surface area contributed by atoms with Crippen LogP contribution in [0.25, 0.3) is 22.2 Å². The van der Waals surface area contributed by atoms with Crippen molar-refractivity contribution in [2.75, 3.05) is 6.54 Å². The number of alkyl halides is 3. The fourth-order valence-electron chi connectivity index (χ4n) is 3.21. The number of aromatic nitrogens is 1. The van der Waals surface area contributed by atoms with Gasteiger partial charge in [-0.1, -0.05) is 40.9 Å². The summed E-state index contributed by atoms with van der Waals surface area (Å²) < 4.78 is 40.6. The molecule has 0 bridgehead atoms. The molecule has 0 unspecified atom stereocenters. The van der Waals surface area contributed by atoms with Gasteiger partial charge in [0.1, 0.15) is 0 Å². The minimum absolute atomic E-state index is 0.0660. The number of hydrogen-bond donors (Lipinski definition) is 2. The number of aryl methyl sites for hydroxylation is 1.